The minimum atomic E-state index is -0.504. The van der Waals surface area contributed by atoms with E-state index in [2.05, 4.69) is 5.32 Å². The highest BCUT2D eigenvalue weighted by Gasteiger charge is 2.40. The summed E-state index contributed by atoms with van der Waals surface area (Å²) in [7, 11) is 0. The van der Waals surface area contributed by atoms with E-state index < -0.39 is 6.04 Å². The molecule has 1 aliphatic carbocycles. The second-order valence-electron chi connectivity index (χ2n) is 8.56. The van der Waals surface area contributed by atoms with Crippen LogP contribution in [0.2, 0.25) is 10.0 Å². The molecule has 1 aromatic rings. The molecule has 3 amide bonds. The average molecular weight is 452 g/mol. The molecule has 2 aliphatic heterocycles. The molecule has 30 heavy (non-hydrogen) atoms. The van der Waals surface area contributed by atoms with Crippen molar-refractivity contribution in [1.82, 2.24) is 9.80 Å². The standard InChI is InChI=1S/C22H27Cl2N3O3/c23-17-9-8-16(12-18(17)24)25-20(28)19-5-1-2-11-27(19)22(30)15-4-3-10-26(13-15)21(29)14-6-7-14/h8-9,12,14-15,19H,1-7,10-11,13H2,(H,25,28). The summed E-state index contributed by atoms with van der Waals surface area (Å²) in [5.41, 5.74) is 0.561. The monoisotopic (exact) mass is 451 g/mol. The number of piperidine rings is 2. The molecule has 162 valence electrons. The summed E-state index contributed by atoms with van der Waals surface area (Å²) < 4.78 is 0. The molecule has 0 bridgehead atoms. The van der Waals surface area contributed by atoms with E-state index in [1.807, 2.05) is 4.90 Å². The number of amides is 3. The van der Waals surface area contributed by atoms with Crippen LogP contribution in [0.5, 0.6) is 0 Å². The minimum absolute atomic E-state index is 0.00251. The second kappa shape index (κ2) is 9.15. The molecule has 2 heterocycles. The number of hydrogen-bond donors (Lipinski definition) is 1. The summed E-state index contributed by atoms with van der Waals surface area (Å²) in [5, 5.41) is 3.67. The lowest BCUT2D eigenvalue weighted by Crippen LogP contribution is -2.54. The van der Waals surface area contributed by atoms with Crippen LogP contribution in [0.15, 0.2) is 18.2 Å². The maximum atomic E-state index is 13.3. The molecule has 3 aliphatic rings. The van der Waals surface area contributed by atoms with Gasteiger partial charge >= 0.3 is 0 Å². The number of anilines is 1. The van der Waals surface area contributed by atoms with Crippen molar-refractivity contribution in [3.05, 3.63) is 28.2 Å². The lowest BCUT2D eigenvalue weighted by atomic mass is 9.93. The fourth-order valence-electron chi connectivity index (χ4n) is 4.47. The number of likely N-dealkylation sites (tertiary alicyclic amines) is 2. The molecule has 1 saturated carbocycles. The Balaban J connectivity index is 1.43. The van der Waals surface area contributed by atoms with Gasteiger partial charge < -0.3 is 15.1 Å². The maximum absolute atomic E-state index is 13.3. The van der Waals surface area contributed by atoms with Gasteiger partial charge in [0.1, 0.15) is 6.04 Å². The Kier molecular flexibility index (Phi) is 6.54. The fraction of sp³-hybridized carbons (Fsp3) is 0.591. The Morgan fingerprint density at radius 2 is 1.67 bits per heavy atom. The van der Waals surface area contributed by atoms with Crippen molar-refractivity contribution in [3.63, 3.8) is 0 Å². The number of carbonyl (C=O) groups excluding carboxylic acids is 3. The Hall–Kier alpha value is -1.79. The first-order chi connectivity index (χ1) is 14.4. The van der Waals surface area contributed by atoms with Crippen molar-refractivity contribution in [2.45, 2.75) is 51.0 Å². The second-order valence-corrected chi connectivity index (χ2v) is 9.37. The maximum Gasteiger partial charge on any atom is 0.247 e. The van der Waals surface area contributed by atoms with Crippen LogP contribution in [0.3, 0.4) is 0 Å². The minimum Gasteiger partial charge on any atom is -0.342 e. The van der Waals surface area contributed by atoms with E-state index in [0.29, 0.717) is 35.2 Å². The van der Waals surface area contributed by atoms with Gasteiger partial charge in [-0.05, 0) is 63.1 Å². The third kappa shape index (κ3) is 4.75. The fourth-order valence-corrected chi connectivity index (χ4v) is 4.77. The van der Waals surface area contributed by atoms with Crippen LogP contribution in [0.25, 0.3) is 0 Å². The molecule has 0 spiro atoms. The van der Waals surface area contributed by atoms with Crippen LogP contribution < -0.4 is 5.32 Å². The van der Waals surface area contributed by atoms with Crippen LogP contribution >= 0.6 is 23.2 Å². The summed E-state index contributed by atoms with van der Waals surface area (Å²) in [5.74, 6) is -0.0705. The molecule has 1 aromatic carbocycles. The highest BCUT2D eigenvalue weighted by Crippen LogP contribution is 2.33. The van der Waals surface area contributed by atoms with Gasteiger partial charge in [0.2, 0.25) is 17.7 Å². The van der Waals surface area contributed by atoms with E-state index in [-0.39, 0.29) is 29.6 Å². The Labute approximate surface area is 186 Å². The van der Waals surface area contributed by atoms with Gasteiger partial charge in [0.05, 0.1) is 16.0 Å². The molecule has 2 saturated heterocycles. The Morgan fingerprint density at radius 1 is 0.867 bits per heavy atom. The van der Waals surface area contributed by atoms with E-state index in [4.69, 9.17) is 23.2 Å². The van der Waals surface area contributed by atoms with Crippen molar-refractivity contribution < 1.29 is 14.4 Å². The summed E-state index contributed by atoms with van der Waals surface area (Å²) in [6.07, 6.45) is 5.97. The molecular weight excluding hydrogens is 425 g/mol. The quantitative estimate of drug-likeness (QED) is 0.752. The Bertz CT molecular complexity index is 843. The van der Waals surface area contributed by atoms with Crippen LogP contribution in [-0.4, -0.2) is 53.2 Å². The van der Waals surface area contributed by atoms with E-state index in [9.17, 15) is 14.4 Å². The third-order valence-electron chi connectivity index (χ3n) is 6.28. The predicted molar refractivity (Wildman–Crippen MR) is 116 cm³/mol. The van der Waals surface area contributed by atoms with Crippen LogP contribution in [0, 0.1) is 11.8 Å². The molecule has 6 nitrogen and oxygen atoms in total. The first kappa shape index (κ1) is 21.4. The normalized spacial score (nSPS) is 24.5. The van der Waals surface area contributed by atoms with E-state index in [1.165, 1.54) is 0 Å². The number of halogens is 2. The number of nitrogens with zero attached hydrogens (tertiary/aromatic N) is 2. The number of nitrogens with one attached hydrogen (secondary N) is 1. The molecule has 3 fully saturated rings. The van der Waals surface area contributed by atoms with Crippen molar-refractivity contribution >= 4 is 46.6 Å². The topological polar surface area (TPSA) is 69.7 Å². The lowest BCUT2D eigenvalue weighted by Gasteiger charge is -2.39. The van der Waals surface area contributed by atoms with Crippen molar-refractivity contribution in [1.29, 1.82) is 0 Å². The van der Waals surface area contributed by atoms with Crippen LogP contribution in [0.1, 0.15) is 44.9 Å². The SMILES string of the molecule is O=C(Nc1ccc(Cl)c(Cl)c1)C1CCCCN1C(=O)C1CCCN(C(=O)C2CC2)C1. The van der Waals surface area contributed by atoms with Gasteiger partial charge in [0.25, 0.3) is 0 Å². The lowest BCUT2D eigenvalue weighted by molar-refractivity contribution is -0.147. The molecule has 2 unspecified atom stereocenters. The number of hydrogen-bond acceptors (Lipinski definition) is 3. The molecular formula is C22H27Cl2N3O3. The Morgan fingerprint density at radius 3 is 2.40 bits per heavy atom. The summed E-state index contributed by atoms with van der Waals surface area (Å²) in [6, 6.07) is 4.44. The van der Waals surface area contributed by atoms with E-state index in [0.717, 1.165) is 45.1 Å². The van der Waals surface area contributed by atoms with Gasteiger partial charge in [-0.1, -0.05) is 23.2 Å². The van der Waals surface area contributed by atoms with Gasteiger partial charge in [-0.2, -0.15) is 0 Å². The number of rotatable bonds is 4. The first-order valence-electron chi connectivity index (χ1n) is 10.8. The van der Waals surface area contributed by atoms with Crippen molar-refractivity contribution in [3.8, 4) is 0 Å². The average Bonchev–Trinajstić information content (AvgIpc) is 3.61. The van der Waals surface area contributed by atoms with Gasteiger partial charge in [-0.15, -0.1) is 0 Å². The van der Waals surface area contributed by atoms with Crippen molar-refractivity contribution in [2.75, 3.05) is 25.0 Å². The van der Waals surface area contributed by atoms with Gasteiger partial charge in [0, 0.05) is 31.2 Å². The summed E-state index contributed by atoms with van der Waals surface area (Å²) >= 11 is 12.0. The largest absolute Gasteiger partial charge is 0.342 e. The predicted octanol–water partition coefficient (Wildman–Crippen LogP) is 3.96. The van der Waals surface area contributed by atoms with Gasteiger partial charge in [-0.25, -0.2) is 0 Å². The number of carbonyl (C=O) groups is 3. The van der Waals surface area contributed by atoms with Crippen LogP contribution in [-0.2, 0) is 14.4 Å². The zero-order chi connectivity index (χ0) is 21.3. The van der Waals surface area contributed by atoms with E-state index >= 15 is 0 Å². The summed E-state index contributed by atoms with van der Waals surface area (Å²) in [6.45, 7) is 1.79. The zero-order valence-corrected chi connectivity index (χ0v) is 18.4. The molecule has 8 heteroatoms. The smallest absolute Gasteiger partial charge is 0.247 e. The number of benzene rings is 1. The molecule has 4 rings (SSSR count). The molecule has 2 atom stereocenters. The molecule has 0 radical (unpaired) electrons. The summed E-state index contributed by atoms with van der Waals surface area (Å²) in [4.78, 5) is 42.4. The third-order valence-corrected chi connectivity index (χ3v) is 7.02. The highest BCUT2D eigenvalue weighted by atomic mass is 35.5. The highest BCUT2D eigenvalue weighted by molar-refractivity contribution is 6.42. The van der Waals surface area contributed by atoms with Gasteiger partial charge in [0.15, 0.2) is 0 Å². The molecule has 0 aromatic heterocycles. The zero-order valence-electron chi connectivity index (χ0n) is 16.9. The van der Waals surface area contributed by atoms with E-state index in [1.54, 1.807) is 23.1 Å². The van der Waals surface area contributed by atoms with Gasteiger partial charge in [-0.3, -0.25) is 14.4 Å². The van der Waals surface area contributed by atoms with Crippen molar-refractivity contribution in [2.24, 2.45) is 11.8 Å². The van der Waals surface area contributed by atoms with Crippen LogP contribution in [0.4, 0.5) is 5.69 Å². The first-order valence-corrected chi connectivity index (χ1v) is 11.5. The molecule has 1 N–H and O–H groups in total.